The minimum absolute atomic E-state index is 0. The lowest BCUT2D eigenvalue weighted by atomic mass is 9.93. The topological polar surface area (TPSA) is 48.7 Å². The summed E-state index contributed by atoms with van der Waals surface area (Å²) in [6.07, 6.45) is 8.23. The Bertz CT molecular complexity index is 871. The van der Waals surface area contributed by atoms with E-state index in [9.17, 15) is 0 Å². The summed E-state index contributed by atoms with van der Waals surface area (Å²) in [4.78, 5) is 13.7. The van der Waals surface area contributed by atoms with E-state index in [0.717, 1.165) is 50.1 Å². The number of nitrogens with zero attached hydrogens (tertiary/aromatic N) is 5. The maximum atomic E-state index is 6.23. The van der Waals surface area contributed by atoms with Gasteiger partial charge in [-0.2, -0.15) is 0 Å². The van der Waals surface area contributed by atoms with Crippen LogP contribution in [-0.4, -0.2) is 60.2 Å². The van der Waals surface area contributed by atoms with E-state index in [0.29, 0.717) is 17.9 Å². The molecule has 0 radical (unpaired) electrons. The molecule has 3 unspecified atom stereocenters. The predicted molar refractivity (Wildman–Crippen MR) is 140 cm³/mol. The van der Waals surface area contributed by atoms with Gasteiger partial charge < -0.3 is 19.7 Å². The van der Waals surface area contributed by atoms with Gasteiger partial charge in [-0.05, 0) is 49.3 Å². The third-order valence-electron chi connectivity index (χ3n) is 6.68. The molecule has 2 aliphatic heterocycles. The normalized spacial score (nSPS) is 24.3. The Morgan fingerprint density at radius 3 is 2.84 bits per heavy atom. The molecule has 0 spiro atoms. The molecule has 2 fully saturated rings. The Balaban J connectivity index is 0.00000272. The standard InChI is InChI=1S/C23H33ClN6.HI/c1-17-4-5-20(24)12-21(17)28-10-7-19(14-28)13-27-23(25-3)29-9-6-18(2)22(15-29)30-11-8-26-16-30;/h4-5,8,11-12,16,18-19,22H,6-7,9-10,13-15H2,1-3H3,(H,25,27);1H. The van der Waals surface area contributed by atoms with Crippen molar-refractivity contribution in [3.8, 4) is 0 Å². The van der Waals surface area contributed by atoms with Crippen molar-refractivity contribution in [3.05, 3.63) is 47.5 Å². The molecular formula is C23H34ClIN6. The van der Waals surface area contributed by atoms with Gasteiger partial charge in [0.05, 0.1) is 12.4 Å². The first-order valence-corrected chi connectivity index (χ1v) is 11.4. The second kappa shape index (κ2) is 10.9. The van der Waals surface area contributed by atoms with Gasteiger partial charge in [0.25, 0.3) is 0 Å². The second-order valence-corrected chi connectivity index (χ2v) is 9.19. The minimum Gasteiger partial charge on any atom is -0.371 e. The molecule has 3 heterocycles. The Morgan fingerprint density at radius 1 is 1.26 bits per heavy atom. The molecule has 3 atom stereocenters. The summed E-state index contributed by atoms with van der Waals surface area (Å²) >= 11 is 6.23. The Kier molecular flexibility index (Phi) is 8.50. The molecule has 0 saturated carbocycles. The first kappa shape index (κ1) is 24.2. The number of imidazole rings is 1. The summed E-state index contributed by atoms with van der Waals surface area (Å²) in [6.45, 7) is 9.59. The molecule has 8 heteroatoms. The summed E-state index contributed by atoms with van der Waals surface area (Å²) in [5, 5.41) is 4.47. The number of halogens is 2. The summed E-state index contributed by atoms with van der Waals surface area (Å²) in [5.74, 6) is 2.26. The van der Waals surface area contributed by atoms with Gasteiger partial charge in [0, 0.05) is 62.9 Å². The van der Waals surface area contributed by atoms with Crippen LogP contribution in [0.4, 0.5) is 5.69 Å². The number of likely N-dealkylation sites (tertiary alicyclic amines) is 1. The van der Waals surface area contributed by atoms with E-state index >= 15 is 0 Å². The van der Waals surface area contributed by atoms with Gasteiger partial charge in [-0.25, -0.2) is 4.98 Å². The van der Waals surface area contributed by atoms with Crippen molar-refractivity contribution in [2.45, 2.75) is 32.7 Å². The molecule has 4 rings (SSSR count). The van der Waals surface area contributed by atoms with Crippen molar-refractivity contribution < 1.29 is 0 Å². The summed E-state index contributed by atoms with van der Waals surface area (Å²) in [6, 6.07) is 6.61. The molecule has 31 heavy (non-hydrogen) atoms. The highest BCUT2D eigenvalue weighted by Crippen LogP contribution is 2.30. The summed E-state index contributed by atoms with van der Waals surface area (Å²) < 4.78 is 2.24. The van der Waals surface area contributed by atoms with Crippen LogP contribution in [0.25, 0.3) is 0 Å². The molecule has 1 N–H and O–H groups in total. The zero-order chi connectivity index (χ0) is 21.1. The highest BCUT2D eigenvalue weighted by Gasteiger charge is 2.30. The Hall–Kier alpha value is -1.48. The number of benzene rings is 1. The number of aryl methyl sites for hydroxylation is 1. The zero-order valence-electron chi connectivity index (χ0n) is 18.7. The van der Waals surface area contributed by atoms with Crippen LogP contribution in [0.2, 0.25) is 5.02 Å². The van der Waals surface area contributed by atoms with Crippen LogP contribution in [0.1, 0.15) is 31.4 Å². The smallest absolute Gasteiger partial charge is 0.193 e. The third-order valence-corrected chi connectivity index (χ3v) is 6.92. The van der Waals surface area contributed by atoms with Crippen LogP contribution in [0.5, 0.6) is 0 Å². The maximum absolute atomic E-state index is 6.23. The molecule has 0 amide bonds. The predicted octanol–water partition coefficient (Wildman–Crippen LogP) is 4.45. The zero-order valence-corrected chi connectivity index (χ0v) is 21.8. The van der Waals surface area contributed by atoms with Crippen molar-refractivity contribution >= 4 is 47.2 Å². The largest absolute Gasteiger partial charge is 0.371 e. The van der Waals surface area contributed by atoms with Crippen LogP contribution in [0.3, 0.4) is 0 Å². The average molecular weight is 557 g/mol. The number of rotatable bonds is 4. The molecule has 170 valence electrons. The highest BCUT2D eigenvalue weighted by atomic mass is 127. The van der Waals surface area contributed by atoms with Crippen molar-refractivity contribution in [2.75, 3.05) is 44.7 Å². The van der Waals surface area contributed by atoms with Crippen LogP contribution >= 0.6 is 35.6 Å². The van der Waals surface area contributed by atoms with E-state index < -0.39 is 0 Å². The SMILES string of the molecule is CN=C(NCC1CCN(c2cc(Cl)ccc2C)C1)N1CCC(C)C(n2ccnc2)C1.I. The minimum atomic E-state index is 0. The number of nitrogens with one attached hydrogen (secondary N) is 1. The van der Waals surface area contributed by atoms with E-state index in [2.05, 4.69) is 61.8 Å². The van der Waals surface area contributed by atoms with E-state index in [1.807, 2.05) is 25.6 Å². The van der Waals surface area contributed by atoms with Crippen LogP contribution in [0, 0.1) is 18.8 Å². The third kappa shape index (κ3) is 5.66. The number of piperidine rings is 1. The number of anilines is 1. The summed E-state index contributed by atoms with van der Waals surface area (Å²) in [5.41, 5.74) is 2.55. The highest BCUT2D eigenvalue weighted by molar-refractivity contribution is 14.0. The molecule has 0 aliphatic carbocycles. The first-order chi connectivity index (χ1) is 14.5. The number of aromatic nitrogens is 2. The molecule has 2 aliphatic rings. The van der Waals surface area contributed by atoms with E-state index in [4.69, 9.17) is 11.6 Å². The van der Waals surface area contributed by atoms with Gasteiger partial charge in [0.15, 0.2) is 5.96 Å². The number of hydrogen-bond acceptors (Lipinski definition) is 3. The molecule has 1 aromatic carbocycles. The maximum Gasteiger partial charge on any atom is 0.193 e. The van der Waals surface area contributed by atoms with Crippen molar-refractivity contribution in [3.63, 3.8) is 0 Å². The number of guanidine groups is 1. The molecular weight excluding hydrogens is 523 g/mol. The monoisotopic (exact) mass is 556 g/mol. The van der Waals surface area contributed by atoms with Crippen LogP contribution in [0.15, 0.2) is 41.9 Å². The van der Waals surface area contributed by atoms with Crippen LogP contribution in [-0.2, 0) is 0 Å². The van der Waals surface area contributed by atoms with Crippen molar-refractivity contribution in [1.29, 1.82) is 0 Å². The summed E-state index contributed by atoms with van der Waals surface area (Å²) in [7, 11) is 1.89. The fraction of sp³-hybridized carbons (Fsp3) is 0.565. The lowest BCUT2D eigenvalue weighted by Crippen LogP contribution is -2.49. The second-order valence-electron chi connectivity index (χ2n) is 8.75. The quantitative estimate of drug-likeness (QED) is 0.344. The molecule has 6 nitrogen and oxygen atoms in total. The molecule has 1 aromatic heterocycles. The molecule has 0 bridgehead atoms. The van der Waals surface area contributed by atoms with Gasteiger partial charge in [0.2, 0.25) is 0 Å². The van der Waals surface area contributed by atoms with Crippen molar-refractivity contribution in [2.24, 2.45) is 16.8 Å². The van der Waals surface area contributed by atoms with Gasteiger partial charge in [0.1, 0.15) is 0 Å². The van der Waals surface area contributed by atoms with Gasteiger partial charge in [-0.15, -0.1) is 24.0 Å². The molecule has 2 aromatic rings. The fourth-order valence-electron chi connectivity index (χ4n) is 4.80. The van der Waals surface area contributed by atoms with Crippen molar-refractivity contribution in [1.82, 2.24) is 19.8 Å². The van der Waals surface area contributed by atoms with Gasteiger partial charge >= 0.3 is 0 Å². The van der Waals surface area contributed by atoms with E-state index in [-0.39, 0.29) is 24.0 Å². The number of aliphatic imine (C=N–C) groups is 1. The Labute approximate surface area is 208 Å². The molecule has 2 saturated heterocycles. The van der Waals surface area contributed by atoms with E-state index in [1.54, 1.807) is 0 Å². The fourth-order valence-corrected chi connectivity index (χ4v) is 4.97. The van der Waals surface area contributed by atoms with Crippen LogP contribution < -0.4 is 10.2 Å². The average Bonchev–Trinajstić information content (AvgIpc) is 3.43. The van der Waals surface area contributed by atoms with Gasteiger partial charge in [-0.1, -0.05) is 24.6 Å². The Morgan fingerprint density at radius 2 is 2.10 bits per heavy atom. The first-order valence-electron chi connectivity index (χ1n) is 11.0. The number of hydrogen-bond donors (Lipinski definition) is 1. The van der Waals surface area contributed by atoms with Gasteiger partial charge in [-0.3, -0.25) is 4.99 Å². The lowest BCUT2D eigenvalue weighted by Gasteiger charge is -2.39. The lowest BCUT2D eigenvalue weighted by molar-refractivity contribution is 0.188. The van der Waals surface area contributed by atoms with E-state index in [1.165, 1.54) is 17.7 Å².